The van der Waals surface area contributed by atoms with Crippen molar-refractivity contribution in [3.8, 4) is 17.2 Å². The number of phenols is 1. The molecule has 2 N–H and O–H groups in total. The van der Waals surface area contributed by atoms with Crippen LogP contribution in [0.2, 0.25) is 0 Å². The lowest BCUT2D eigenvalue weighted by molar-refractivity contribution is -0.161. The maximum Gasteiger partial charge on any atom is 0.383 e. The van der Waals surface area contributed by atoms with Gasteiger partial charge in [-0.05, 0) is 44.9 Å². The molecule has 10 nitrogen and oxygen atoms in total. The lowest BCUT2D eigenvalue weighted by Crippen LogP contribution is -2.24. The highest BCUT2D eigenvalue weighted by molar-refractivity contribution is 7.54. The van der Waals surface area contributed by atoms with Gasteiger partial charge in [0.1, 0.15) is 29.4 Å². The van der Waals surface area contributed by atoms with Crippen molar-refractivity contribution in [3.05, 3.63) is 64.2 Å². The van der Waals surface area contributed by atoms with Gasteiger partial charge in [-0.1, -0.05) is 36.8 Å². The number of esters is 2. The number of nitrogens with one attached hydrogen (secondary N) is 1. The first-order valence-corrected chi connectivity index (χ1v) is 14.5. The van der Waals surface area contributed by atoms with E-state index in [0.29, 0.717) is 42.1 Å². The van der Waals surface area contributed by atoms with E-state index in [1.165, 1.54) is 14.0 Å². The van der Waals surface area contributed by atoms with E-state index in [1.54, 1.807) is 31.2 Å². The number of aromatic hydroxyl groups is 1. The molecule has 0 aromatic heterocycles. The van der Waals surface area contributed by atoms with E-state index in [2.05, 4.69) is 5.32 Å². The van der Waals surface area contributed by atoms with Crippen molar-refractivity contribution >= 4 is 19.5 Å². The summed E-state index contributed by atoms with van der Waals surface area (Å²) in [5, 5.41) is 14.0. The second-order valence-electron chi connectivity index (χ2n) is 9.10. The Bertz CT molecular complexity index is 1260. The van der Waals surface area contributed by atoms with Crippen LogP contribution >= 0.6 is 7.60 Å². The number of carbonyl (C=O) groups is 2. The second-order valence-corrected chi connectivity index (χ2v) is 11.2. The quantitative estimate of drug-likeness (QED) is 0.106. The van der Waals surface area contributed by atoms with E-state index in [4.69, 9.17) is 23.3 Å². The number of allylic oxidation sites excluding steroid dienone is 1. The molecule has 1 unspecified atom stereocenters. The van der Waals surface area contributed by atoms with Gasteiger partial charge in [-0.15, -0.1) is 0 Å². The van der Waals surface area contributed by atoms with E-state index < -0.39 is 25.8 Å². The summed E-state index contributed by atoms with van der Waals surface area (Å²) in [5.41, 5.74) is 3.06. The highest BCUT2D eigenvalue weighted by Gasteiger charge is 2.32. The molecule has 11 heteroatoms. The predicted molar refractivity (Wildman–Crippen MR) is 145 cm³/mol. The van der Waals surface area contributed by atoms with E-state index >= 15 is 0 Å². The summed E-state index contributed by atoms with van der Waals surface area (Å²) in [6, 6.07) is 8.66. The fourth-order valence-corrected chi connectivity index (χ4v) is 5.77. The van der Waals surface area contributed by atoms with Crippen molar-refractivity contribution in [2.75, 3.05) is 26.4 Å². The van der Waals surface area contributed by atoms with Crippen LogP contribution in [0.15, 0.2) is 42.0 Å². The molecule has 0 fully saturated rings. The summed E-state index contributed by atoms with van der Waals surface area (Å²) in [7, 11) is -2.15. The lowest BCUT2D eigenvalue weighted by atomic mass is 9.95. The number of hydrogen-bond acceptors (Lipinski definition) is 10. The third kappa shape index (κ3) is 7.85. The number of cyclic esters (lactones) is 1. The SMILES string of the molecule is CCC(=O)O[C@H](C)OP(=O)(CCNC/C(C)=C/Cc1c(O)c2c(c(C)c1OC)COC2=O)Oc1ccccc1. The number of fused-ring (bicyclic) bond motifs is 1. The van der Waals surface area contributed by atoms with Crippen molar-refractivity contribution in [2.24, 2.45) is 0 Å². The van der Waals surface area contributed by atoms with Crippen LogP contribution in [0.5, 0.6) is 17.2 Å². The molecule has 39 heavy (non-hydrogen) atoms. The number of benzene rings is 2. The van der Waals surface area contributed by atoms with E-state index in [1.807, 2.05) is 26.0 Å². The highest BCUT2D eigenvalue weighted by Crippen LogP contribution is 2.49. The second kappa shape index (κ2) is 13.6. The number of phenolic OH excluding ortho intramolecular Hbond substituents is 1. The summed E-state index contributed by atoms with van der Waals surface area (Å²) in [5.74, 6) is -0.226. The molecular formula is C28H36NO9P. The summed E-state index contributed by atoms with van der Waals surface area (Å²) in [6.45, 7) is 7.77. The Hall–Kier alpha value is -3.33. The number of ether oxygens (including phenoxy) is 3. The first kappa shape index (κ1) is 30.2. The molecule has 0 saturated carbocycles. The molecular weight excluding hydrogens is 525 g/mol. The average molecular weight is 562 g/mol. The highest BCUT2D eigenvalue weighted by atomic mass is 31.2. The molecule has 2 atom stereocenters. The number of carbonyl (C=O) groups excluding carboxylic acids is 2. The van der Waals surface area contributed by atoms with Gasteiger partial charge in [-0.25, -0.2) is 9.36 Å². The zero-order chi connectivity index (χ0) is 28.6. The van der Waals surface area contributed by atoms with Gasteiger partial charge in [0.05, 0.1) is 13.3 Å². The Morgan fingerprint density at radius 1 is 1.28 bits per heavy atom. The maximum atomic E-state index is 13.5. The normalized spacial score (nSPS) is 15.2. The summed E-state index contributed by atoms with van der Waals surface area (Å²) in [6.07, 6.45) is 1.42. The van der Waals surface area contributed by atoms with Crippen LogP contribution in [0, 0.1) is 6.92 Å². The predicted octanol–water partition coefficient (Wildman–Crippen LogP) is 5.05. The third-order valence-corrected chi connectivity index (χ3v) is 8.03. The van der Waals surface area contributed by atoms with Gasteiger partial charge in [0, 0.05) is 30.6 Å². The lowest BCUT2D eigenvalue weighted by Gasteiger charge is -2.23. The van der Waals surface area contributed by atoms with Crippen LogP contribution in [-0.2, 0) is 36.4 Å². The van der Waals surface area contributed by atoms with Crippen molar-refractivity contribution in [1.29, 1.82) is 0 Å². The van der Waals surface area contributed by atoms with Crippen LogP contribution in [0.4, 0.5) is 0 Å². The molecule has 3 rings (SSSR count). The maximum absolute atomic E-state index is 13.5. The van der Waals surface area contributed by atoms with Gasteiger partial charge in [0.15, 0.2) is 0 Å². The molecule has 1 aliphatic heterocycles. The largest absolute Gasteiger partial charge is 0.507 e. The van der Waals surface area contributed by atoms with Crippen LogP contribution in [-0.4, -0.2) is 49.7 Å². The minimum absolute atomic E-state index is 0.0317. The van der Waals surface area contributed by atoms with Crippen LogP contribution in [0.25, 0.3) is 0 Å². The molecule has 1 aliphatic rings. The molecule has 2 aromatic rings. The Morgan fingerprint density at radius 3 is 2.67 bits per heavy atom. The molecule has 2 aromatic carbocycles. The number of para-hydroxylation sites is 1. The van der Waals surface area contributed by atoms with Gasteiger partial charge in [-0.2, -0.15) is 0 Å². The smallest absolute Gasteiger partial charge is 0.383 e. The van der Waals surface area contributed by atoms with E-state index in [0.717, 1.165) is 11.1 Å². The molecule has 212 valence electrons. The Morgan fingerprint density at radius 2 is 2.00 bits per heavy atom. The van der Waals surface area contributed by atoms with Gasteiger partial charge >= 0.3 is 19.5 Å². The molecule has 0 spiro atoms. The Labute approximate surface area is 228 Å². The van der Waals surface area contributed by atoms with E-state index in [9.17, 15) is 19.3 Å². The summed E-state index contributed by atoms with van der Waals surface area (Å²) in [4.78, 5) is 23.7. The molecule has 0 bridgehead atoms. The molecule has 1 heterocycles. The van der Waals surface area contributed by atoms with Crippen molar-refractivity contribution < 1.29 is 42.5 Å². The zero-order valence-corrected chi connectivity index (χ0v) is 23.8. The van der Waals surface area contributed by atoms with Gasteiger partial charge in [0.2, 0.25) is 6.29 Å². The van der Waals surface area contributed by atoms with Crippen molar-refractivity contribution in [3.63, 3.8) is 0 Å². The van der Waals surface area contributed by atoms with Gasteiger partial charge in [-0.3, -0.25) is 9.32 Å². The minimum Gasteiger partial charge on any atom is -0.507 e. The standard InChI is InChI=1S/C28H36NO9P/c1-6-24(30)36-20(4)37-39(33,38-21-10-8-7-9-11-21)15-14-29-16-18(2)12-13-22-26(31)25-23(17-35-28(25)32)19(3)27(22)34-5/h7-12,20,29,31H,6,13-17H2,1-5H3/b18-12+/t20-,39?/m0/s1. The van der Waals surface area contributed by atoms with Crippen LogP contribution < -0.4 is 14.6 Å². The average Bonchev–Trinajstić information content (AvgIpc) is 3.30. The van der Waals surface area contributed by atoms with Gasteiger partial charge in [0.25, 0.3) is 0 Å². The Kier molecular flexibility index (Phi) is 10.6. The van der Waals surface area contributed by atoms with Crippen molar-refractivity contribution in [2.45, 2.75) is 53.4 Å². The zero-order valence-electron chi connectivity index (χ0n) is 22.9. The fraction of sp³-hybridized carbons (Fsp3) is 0.429. The first-order valence-electron chi connectivity index (χ1n) is 12.7. The monoisotopic (exact) mass is 561 g/mol. The topological polar surface area (TPSA) is 130 Å². The Balaban J connectivity index is 1.63. The van der Waals surface area contributed by atoms with E-state index in [-0.39, 0.29) is 30.5 Å². The summed E-state index contributed by atoms with van der Waals surface area (Å²) < 4.78 is 40.5. The summed E-state index contributed by atoms with van der Waals surface area (Å²) >= 11 is 0. The molecule has 0 saturated heterocycles. The fourth-order valence-electron chi connectivity index (χ4n) is 4.16. The third-order valence-electron chi connectivity index (χ3n) is 6.15. The minimum atomic E-state index is -3.68. The van der Waals surface area contributed by atoms with Crippen LogP contribution in [0.3, 0.4) is 0 Å². The number of hydrogen-bond donors (Lipinski definition) is 2. The van der Waals surface area contributed by atoms with Crippen molar-refractivity contribution in [1.82, 2.24) is 5.32 Å². The molecule has 0 amide bonds. The molecule has 0 aliphatic carbocycles. The van der Waals surface area contributed by atoms with Gasteiger partial charge < -0.3 is 29.2 Å². The van der Waals surface area contributed by atoms with Crippen LogP contribution in [0.1, 0.15) is 54.2 Å². The first-order chi connectivity index (χ1) is 18.6. The number of rotatable bonds is 14. The number of methoxy groups -OCH3 is 1. The molecule has 0 radical (unpaired) electrons.